The van der Waals surface area contributed by atoms with Gasteiger partial charge in [0, 0.05) is 32.7 Å². The summed E-state index contributed by atoms with van der Waals surface area (Å²) in [7, 11) is 1.47. The number of nitrogens with zero attached hydrogens (tertiary/aromatic N) is 3. The van der Waals surface area contributed by atoms with Crippen molar-refractivity contribution >= 4 is 17.7 Å². The number of amides is 2. The lowest BCUT2D eigenvalue weighted by Gasteiger charge is -2.41. The number of aromatic nitrogens is 1. The molecule has 0 aromatic carbocycles. The van der Waals surface area contributed by atoms with E-state index < -0.39 is 17.5 Å². The van der Waals surface area contributed by atoms with E-state index >= 15 is 0 Å². The van der Waals surface area contributed by atoms with Crippen molar-refractivity contribution in [3.63, 3.8) is 0 Å². The van der Waals surface area contributed by atoms with Crippen LogP contribution in [0, 0.1) is 5.95 Å². The number of pyridine rings is 1. The predicted molar refractivity (Wildman–Crippen MR) is 92.2 cm³/mol. The molecule has 138 valence electrons. The number of rotatable bonds is 2. The lowest BCUT2D eigenvalue weighted by molar-refractivity contribution is 0.0218. The Balaban J connectivity index is 2.09. The highest BCUT2D eigenvalue weighted by Gasteiger charge is 2.31. The number of carbonyl (C=O) groups excluding carboxylic acids is 2. The molecule has 1 aliphatic rings. The summed E-state index contributed by atoms with van der Waals surface area (Å²) >= 11 is 0. The van der Waals surface area contributed by atoms with Crippen LogP contribution < -0.4 is 10.2 Å². The number of anilines is 1. The first-order chi connectivity index (χ1) is 11.6. The maximum atomic E-state index is 14.3. The van der Waals surface area contributed by atoms with E-state index in [9.17, 15) is 14.0 Å². The zero-order valence-corrected chi connectivity index (χ0v) is 15.3. The fraction of sp³-hybridized carbons (Fsp3) is 0.588. The Morgan fingerprint density at radius 3 is 2.52 bits per heavy atom. The molecule has 25 heavy (non-hydrogen) atoms. The third-order valence-corrected chi connectivity index (χ3v) is 3.88. The van der Waals surface area contributed by atoms with Gasteiger partial charge in [-0.2, -0.15) is 4.39 Å². The Hall–Kier alpha value is -2.38. The summed E-state index contributed by atoms with van der Waals surface area (Å²) in [4.78, 5) is 30.9. The predicted octanol–water partition coefficient (Wildman–Crippen LogP) is 2.03. The molecule has 1 fully saturated rings. The molecule has 1 N–H and O–H groups in total. The molecular formula is C17H25FN4O3. The molecule has 0 saturated carbocycles. The minimum absolute atomic E-state index is 0.0313. The Labute approximate surface area is 147 Å². The van der Waals surface area contributed by atoms with E-state index in [0.29, 0.717) is 25.3 Å². The molecule has 8 heteroatoms. The first-order valence-corrected chi connectivity index (χ1v) is 8.25. The highest BCUT2D eigenvalue weighted by Crippen LogP contribution is 2.24. The van der Waals surface area contributed by atoms with Crippen molar-refractivity contribution in [3.05, 3.63) is 23.8 Å². The van der Waals surface area contributed by atoms with E-state index in [-0.39, 0.29) is 17.8 Å². The second kappa shape index (κ2) is 7.25. The van der Waals surface area contributed by atoms with Gasteiger partial charge in [0.1, 0.15) is 11.3 Å². The molecular weight excluding hydrogens is 327 g/mol. The van der Waals surface area contributed by atoms with Gasteiger partial charge >= 0.3 is 6.09 Å². The lowest BCUT2D eigenvalue weighted by atomic mass is 10.1. The molecule has 0 radical (unpaired) electrons. The van der Waals surface area contributed by atoms with Crippen LogP contribution in [0.25, 0.3) is 0 Å². The van der Waals surface area contributed by atoms with Crippen molar-refractivity contribution < 1.29 is 18.7 Å². The summed E-state index contributed by atoms with van der Waals surface area (Å²) < 4.78 is 19.7. The van der Waals surface area contributed by atoms with E-state index in [2.05, 4.69) is 10.3 Å². The Kier molecular flexibility index (Phi) is 5.49. The van der Waals surface area contributed by atoms with Crippen molar-refractivity contribution in [2.75, 3.05) is 31.6 Å². The summed E-state index contributed by atoms with van der Waals surface area (Å²) in [5.74, 6) is -1.13. The average Bonchev–Trinajstić information content (AvgIpc) is 2.52. The summed E-state index contributed by atoms with van der Waals surface area (Å²) in [6, 6.07) is 2.93. The Morgan fingerprint density at radius 2 is 2.00 bits per heavy atom. The van der Waals surface area contributed by atoms with Gasteiger partial charge in [-0.15, -0.1) is 0 Å². The second-order valence-electron chi connectivity index (χ2n) is 7.05. The van der Waals surface area contributed by atoms with E-state index in [1.807, 2.05) is 32.6 Å². The van der Waals surface area contributed by atoms with E-state index in [1.54, 1.807) is 11.0 Å². The summed E-state index contributed by atoms with van der Waals surface area (Å²) in [5.41, 5.74) is -0.198. The summed E-state index contributed by atoms with van der Waals surface area (Å²) in [6.45, 7) is 8.67. The van der Waals surface area contributed by atoms with Crippen molar-refractivity contribution in [3.8, 4) is 0 Å². The minimum atomic E-state index is -0.696. The third kappa shape index (κ3) is 4.58. The van der Waals surface area contributed by atoms with Gasteiger partial charge < -0.3 is 19.9 Å². The average molecular weight is 352 g/mol. The molecule has 0 spiro atoms. The van der Waals surface area contributed by atoms with Gasteiger partial charge in [0.15, 0.2) is 0 Å². The quantitative estimate of drug-likeness (QED) is 0.825. The summed E-state index contributed by atoms with van der Waals surface area (Å²) in [6.07, 6.45) is -0.368. The molecule has 0 bridgehead atoms. The highest BCUT2D eigenvalue weighted by atomic mass is 19.1. The van der Waals surface area contributed by atoms with Crippen molar-refractivity contribution in [1.29, 1.82) is 0 Å². The first-order valence-electron chi connectivity index (χ1n) is 8.25. The largest absolute Gasteiger partial charge is 0.444 e. The molecule has 2 amide bonds. The molecule has 0 unspecified atom stereocenters. The monoisotopic (exact) mass is 352 g/mol. The van der Waals surface area contributed by atoms with Crippen molar-refractivity contribution in [2.45, 2.75) is 39.3 Å². The number of halogens is 1. The van der Waals surface area contributed by atoms with Crippen LogP contribution in [0.15, 0.2) is 12.1 Å². The van der Waals surface area contributed by atoms with Crippen LogP contribution in [0.4, 0.5) is 14.9 Å². The summed E-state index contributed by atoms with van der Waals surface area (Å²) in [5, 5.41) is 2.41. The van der Waals surface area contributed by atoms with Gasteiger partial charge in [-0.25, -0.2) is 9.78 Å². The smallest absolute Gasteiger partial charge is 0.410 e. The minimum Gasteiger partial charge on any atom is -0.444 e. The number of nitrogens with one attached hydrogen (secondary N) is 1. The van der Waals surface area contributed by atoms with Crippen LogP contribution in [0.5, 0.6) is 0 Å². The van der Waals surface area contributed by atoms with E-state index in [4.69, 9.17) is 4.74 Å². The number of hydrogen-bond donors (Lipinski definition) is 1. The maximum Gasteiger partial charge on any atom is 0.410 e. The van der Waals surface area contributed by atoms with Gasteiger partial charge in [0.25, 0.3) is 5.91 Å². The zero-order valence-electron chi connectivity index (χ0n) is 15.3. The van der Waals surface area contributed by atoms with Crippen LogP contribution in [0.2, 0.25) is 0 Å². The van der Waals surface area contributed by atoms with Gasteiger partial charge in [-0.3, -0.25) is 4.79 Å². The van der Waals surface area contributed by atoms with Gasteiger partial charge in [0.05, 0.1) is 5.69 Å². The van der Waals surface area contributed by atoms with Crippen LogP contribution in [-0.4, -0.2) is 60.2 Å². The standard InChI is InChI=1S/C17H25FN4O3/c1-11-10-21(16(24)25-17(2,3)4)8-9-22(11)13-7-6-12(15(23)19-5)20-14(13)18/h6-7,11H,8-10H2,1-5H3,(H,19,23)/t11-/m1/s1. The molecule has 1 aromatic rings. The molecule has 7 nitrogen and oxygen atoms in total. The molecule has 1 aromatic heterocycles. The van der Waals surface area contributed by atoms with Crippen molar-refractivity contribution in [1.82, 2.24) is 15.2 Å². The normalized spacial score (nSPS) is 18.1. The molecule has 0 aliphatic carbocycles. The molecule has 1 aliphatic heterocycles. The van der Waals surface area contributed by atoms with Crippen LogP contribution >= 0.6 is 0 Å². The SMILES string of the molecule is CNC(=O)c1ccc(N2CCN(C(=O)OC(C)(C)C)C[C@H]2C)c(F)n1. The van der Waals surface area contributed by atoms with Crippen LogP contribution in [0.3, 0.4) is 0 Å². The van der Waals surface area contributed by atoms with E-state index in [0.717, 1.165) is 0 Å². The number of piperazine rings is 1. The zero-order chi connectivity index (χ0) is 18.8. The Morgan fingerprint density at radius 1 is 1.32 bits per heavy atom. The number of hydrogen-bond acceptors (Lipinski definition) is 5. The first kappa shape index (κ1) is 19.0. The highest BCUT2D eigenvalue weighted by molar-refractivity contribution is 5.92. The van der Waals surface area contributed by atoms with Crippen LogP contribution in [-0.2, 0) is 4.74 Å². The third-order valence-electron chi connectivity index (χ3n) is 3.88. The lowest BCUT2D eigenvalue weighted by Crippen LogP contribution is -2.54. The number of carbonyl (C=O) groups is 2. The molecule has 2 heterocycles. The number of ether oxygens (including phenoxy) is 1. The fourth-order valence-corrected chi connectivity index (χ4v) is 2.70. The molecule has 1 atom stereocenters. The van der Waals surface area contributed by atoms with Crippen molar-refractivity contribution in [2.24, 2.45) is 0 Å². The molecule has 2 rings (SSSR count). The van der Waals surface area contributed by atoms with Gasteiger partial charge in [-0.1, -0.05) is 0 Å². The van der Waals surface area contributed by atoms with E-state index in [1.165, 1.54) is 13.1 Å². The van der Waals surface area contributed by atoms with Gasteiger partial charge in [0.2, 0.25) is 5.95 Å². The fourth-order valence-electron chi connectivity index (χ4n) is 2.70. The maximum absolute atomic E-state index is 14.3. The van der Waals surface area contributed by atoms with Crippen LogP contribution in [0.1, 0.15) is 38.2 Å². The topological polar surface area (TPSA) is 74.8 Å². The van der Waals surface area contributed by atoms with Gasteiger partial charge in [-0.05, 0) is 39.8 Å². The molecule has 1 saturated heterocycles. The second-order valence-corrected chi connectivity index (χ2v) is 7.05. The Bertz CT molecular complexity index is 660.